The molecule has 0 spiro atoms. The van der Waals surface area contributed by atoms with Crippen molar-refractivity contribution in [3.8, 4) is 45.0 Å². The van der Waals surface area contributed by atoms with E-state index in [4.69, 9.17) is 56.8 Å². The van der Waals surface area contributed by atoms with Crippen molar-refractivity contribution < 1.29 is 59.0 Å². The second-order valence-electron chi connectivity index (χ2n) is 50.4. The lowest BCUT2D eigenvalue weighted by atomic mass is 9.63. The van der Waals surface area contributed by atoms with Crippen LogP contribution in [0.15, 0.2) is 94.3 Å². The molecule has 4 fully saturated rings. The summed E-state index contributed by atoms with van der Waals surface area (Å²) in [6.45, 7) is 62.0. The Hall–Kier alpha value is -8.33. The van der Waals surface area contributed by atoms with Gasteiger partial charge in [0, 0.05) is 121 Å². The van der Waals surface area contributed by atoms with Gasteiger partial charge in [0.2, 0.25) is 0 Å². The van der Waals surface area contributed by atoms with Gasteiger partial charge < -0.3 is 82.4 Å². The second-order valence-corrected chi connectivity index (χ2v) is 53.8. The van der Waals surface area contributed by atoms with E-state index in [1.807, 2.05) is 0 Å². The maximum atomic E-state index is 13.0. The van der Waals surface area contributed by atoms with Crippen LogP contribution < -0.4 is 47.4 Å². The first kappa shape index (κ1) is 116. The van der Waals surface area contributed by atoms with Gasteiger partial charge in [-0.2, -0.15) is 0 Å². The first-order valence-corrected chi connectivity index (χ1v) is 57.2. The zero-order chi connectivity index (χ0) is 107. The first-order chi connectivity index (χ1) is 68.0. The molecule has 0 radical (unpaired) electrons. The molecule has 25 nitrogen and oxygen atoms in total. The monoisotopic (exact) mass is 2080 g/mol. The lowest BCUT2D eigenvalue weighted by Gasteiger charge is -2.42. The third-order valence-electron chi connectivity index (χ3n) is 32.3. The molecule has 8 aromatic rings. The number of benzene rings is 4. The van der Waals surface area contributed by atoms with Crippen LogP contribution in [0.1, 0.15) is 353 Å². The number of nitrogens with two attached hydrogens (primary N) is 3. The predicted molar refractivity (Wildman–Crippen MR) is 601 cm³/mol. The van der Waals surface area contributed by atoms with Crippen molar-refractivity contribution in [3.63, 3.8) is 0 Å². The SMILES string of the molecule is CC1(C)CCC(C)(C)c2cc(-c3csc(N4CCC(N)CC4)n3)ccc21.C[C@@H](O)[C@H](N)C(=O)CC1CCN(c2nc(-c3ccc4c(c3)C(C)(C)CCC4(C)C)cs2)CC1.C[C@@H](O)[C@H](N)CCC1CCN(c2nc(-c3ccc4c(c3)C(C)(C)CCC4(C)C)cs2)CC1.C[C@@H](O)[C@H](NC(=O)OC(C)(C)C)C(=O)CC1CCN(c2nc(-c3ccc4c(c3)C(C)(C)CCC4(C)C)cs2)CC1.C[C@@H](O)[C@H](NC(=O)OC(C)(C)C)C(=O)O. The van der Waals surface area contributed by atoms with E-state index in [0.29, 0.717) is 30.7 Å². The summed E-state index contributed by atoms with van der Waals surface area (Å²) >= 11 is 6.92. The van der Waals surface area contributed by atoms with Crippen LogP contribution in [0.25, 0.3) is 45.0 Å². The van der Waals surface area contributed by atoms with Gasteiger partial charge in [-0.1, -0.05) is 159 Å². The topological polar surface area (TPSA) is 372 Å². The summed E-state index contributed by atoms with van der Waals surface area (Å²) in [6.07, 6.45) is 15.8. The summed E-state index contributed by atoms with van der Waals surface area (Å²) < 4.78 is 10.1. The number of aliphatic carboxylic acids is 1. The second kappa shape index (κ2) is 47.3. The molecule has 4 aliphatic carbocycles. The van der Waals surface area contributed by atoms with Crippen LogP contribution in [0.5, 0.6) is 0 Å². The highest BCUT2D eigenvalue weighted by atomic mass is 32.1. The molecular formula is C117H175N13O12S4. The van der Waals surface area contributed by atoms with Crippen molar-refractivity contribution in [1.82, 2.24) is 30.6 Å². The minimum absolute atomic E-state index is 0.0292. The number of aliphatic hydroxyl groups is 4. The summed E-state index contributed by atoms with van der Waals surface area (Å²) in [5.74, 6) is -0.245. The highest BCUT2D eigenvalue weighted by molar-refractivity contribution is 7.15. The van der Waals surface area contributed by atoms with Gasteiger partial charge in [-0.3, -0.25) is 9.59 Å². The Morgan fingerprint density at radius 3 is 0.884 bits per heavy atom. The molecule has 0 bridgehead atoms. The van der Waals surface area contributed by atoms with Crippen LogP contribution >= 0.6 is 45.3 Å². The molecule has 4 aromatic carbocycles. The van der Waals surface area contributed by atoms with E-state index in [-0.39, 0.29) is 66.8 Å². The third-order valence-corrected chi connectivity index (χ3v) is 36.0. The number of aromatic nitrogens is 4. The summed E-state index contributed by atoms with van der Waals surface area (Å²) in [6, 6.07) is 25.1. The number of rotatable bonds is 24. The maximum absolute atomic E-state index is 13.0. The lowest BCUT2D eigenvalue weighted by molar-refractivity contribution is -0.142. The number of piperidine rings is 4. The molecule has 4 saturated heterocycles. The summed E-state index contributed by atoms with van der Waals surface area (Å²) in [4.78, 5) is 88.8. The minimum Gasteiger partial charge on any atom is -0.480 e. The van der Waals surface area contributed by atoms with Crippen LogP contribution in [-0.2, 0) is 67.2 Å². The number of fused-ring (bicyclic) bond motifs is 4. The zero-order valence-corrected chi connectivity index (χ0v) is 95.8. The smallest absolute Gasteiger partial charge is 0.408 e. The Labute approximate surface area is 887 Å². The van der Waals surface area contributed by atoms with E-state index in [1.165, 1.54) is 145 Å². The van der Waals surface area contributed by atoms with E-state index in [1.54, 1.807) is 101 Å². The van der Waals surface area contributed by atoms with E-state index in [2.05, 4.69) is 235 Å². The van der Waals surface area contributed by atoms with Crippen molar-refractivity contribution in [2.45, 2.75) is 418 Å². The van der Waals surface area contributed by atoms with Crippen molar-refractivity contribution >= 4 is 95.6 Å². The molecular weight excluding hydrogens is 1910 g/mol. The number of alkyl carbamates (subject to hydrolysis) is 2. The number of aliphatic hydroxyl groups excluding tert-OH is 4. The highest BCUT2D eigenvalue weighted by Gasteiger charge is 2.44. The number of hydrogen-bond donors (Lipinski definition) is 10. The molecule has 4 aromatic heterocycles. The molecule has 16 rings (SSSR count). The Kier molecular flexibility index (Phi) is 37.7. The van der Waals surface area contributed by atoms with E-state index in [0.717, 1.165) is 147 Å². The van der Waals surface area contributed by atoms with Gasteiger partial charge in [-0.05, 0) is 315 Å². The van der Waals surface area contributed by atoms with Crippen LogP contribution in [0.2, 0.25) is 0 Å². The molecule has 4 aliphatic heterocycles. The number of carbonyl (C=O) groups is 5. The molecule has 0 saturated carbocycles. The molecule has 8 atom stereocenters. The number of anilines is 4. The van der Waals surface area contributed by atoms with Crippen molar-refractivity contribution in [2.24, 2.45) is 35.0 Å². The number of ether oxygens (including phenoxy) is 2. The Bertz CT molecular complexity index is 5740. The normalized spacial score (nSPS) is 21.0. The van der Waals surface area contributed by atoms with Gasteiger partial charge in [-0.25, -0.2) is 34.3 Å². The van der Waals surface area contributed by atoms with Gasteiger partial charge in [0.25, 0.3) is 0 Å². The van der Waals surface area contributed by atoms with Crippen LogP contribution in [-0.4, -0.2) is 193 Å². The highest BCUT2D eigenvalue weighted by Crippen LogP contribution is 2.53. The average molecular weight is 2080 g/mol. The Morgan fingerprint density at radius 1 is 0.377 bits per heavy atom. The van der Waals surface area contributed by atoms with Gasteiger partial charge in [0.05, 0.1) is 53.2 Å². The minimum atomic E-state index is -1.36. The van der Waals surface area contributed by atoms with E-state index in [9.17, 15) is 39.3 Å². The molecule has 146 heavy (non-hydrogen) atoms. The molecule has 0 unspecified atom stereocenters. The molecule has 8 aliphatic rings. The van der Waals surface area contributed by atoms with Gasteiger partial charge in [0.15, 0.2) is 38.1 Å². The molecule has 8 heterocycles. The first-order valence-electron chi connectivity index (χ1n) is 53.7. The predicted octanol–water partition coefficient (Wildman–Crippen LogP) is 22.9. The number of carboxylic acids is 1. The molecule has 804 valence electrons. The number of thiazole rings is 4. The van der Waals surface area contributed by atoms with Crippen molar-refractivity contribution in [2.75, 3.05) is 72.0 Å². The molecule has 13 N–H and O–H groups in total. The Morgan fingerprint density at radius 2 is 0.630 bits per heavy atom. The van der Waals surface area contributed by atoms with Gasteiger partial charge >= 0.3 is 18.2 Å². The molecule has 29 heteroatoms. The van der Waals surface area contributed by atoms with Crippen molar-refractivity contribution in [3.05, 3.63) is 139 Å². The molecule has 2 amide bonds. The number of amides is 2. The average Bonchev–Trinajstić information content (AvgIpc) is 1.09. The standard InChI is InChI=1S/C32H47N3O4S.C27H39N3O2S.C27H41N3OS.C22H31N3S.C9H17NO5/c1-20(36)27(34-29(38)39-30(2,3)4)26(37)17-21-11-15-35(16-12-21)28-33-25(19-40-28)22-9-10-23-24(18-22)32(7,8)14-13-31(23,5)6;1-17(31)24(28)23(32)14-18-8-12-30(13-9-18)25-29-22(16-33-25)19-6-7-20-21(15-19)27(4,5)11-10-26(20,2)3;1-18(31)23(28)9-6-19-10-14-30(15-11-19)25-29-24(17-32-25)20-7-8-21-22(16-20)27(4,5)13-12-26(21,2)3;1-21(2)9-10-22(3,4)18-13-15(5-6-17(18)21)19-14-26-20(24-19)25-11-7-16(23)8-12-25;1-5(11)6(7(12)13)10-8(14)15-9(2,3)4/h9-10,18-21,27,36H,11-17H2,1-8H3,(H,34,38);6-7,15-18,24,31H,8-14,28H2,1-5H3;7-8,16-19,23,31H,6,9-15,28H2,1-5H3;5-6,13-14,16H,7-12,23H2,1-4H3;5-6,11H,1-4H3,(H,10,14)(H,12,13)/t20-,27+;17-,24+;18-,23-;;5-,6+/m111.1/s1. The third kappa shape index (κ3) is 29.9. The lowest BCUT2D eigenvalue weighted by Crippen LogP contribution is -2.50. The number of carbonyl (C=O) groups excluding carboxylic acids is 4. The fourth-order valence-corrected chi connectivity index (χ4v) is 25.4. The van der Waals surface area contributed by atoms with Gasteiger partial charge in [0.1, 0.15) is 17.2 Å². The number of ketones is 2. The number of nitrogens with one attached hydrogen (secondary N) is 2. The van der Waals surface area contributed by atoms with E-state index >= 15 is 0 Å². The van der Waals surface area contributed by atoms with Crippen molar-refractivity contribution in [1.29, 1.82) is 0 Å². The number of Topliss-reactive ketones (excluding diaryl/α,β-unsaturated/α-hetero) is 2. The van der Waals surface area contributed by atoms with Crippen LogP contribution in [0.3, 0.4) is 0 Å². The van der Waals surface area contributed by atoms with E-state index < -0.39 is 71.9 Å². The fourth-order valence-electron chi connectivity index (χ4n) is 21.8. The summed E-state index contributed by atoms with van der Waals surface area (Å²) in [5, 5.41) is 64.9. The summed E-state index contributed by atoms with van der Waals surface area (Å²) in [5.41, 5.74) is 39.3. The Balaban J connectivity index is 0.000000167. The zero-order valence-electron chi connectivity index (χ0n) is 92.5. The number of hydrogen-bond acceptors (Lipinski definition) is 26. The van der Waals surface area contributed by atoms with Gasteiger partial charge in [-0.15, -0.1) is 45.3 Å². The maximum Gasteiger partial charge on any atom is 0.408 e. The summed E-state index contributed by atoms with van der Waals surface area (Å²) in [7, 11) is 0. The largest absolute Gasteiger partial charge is 0.480 e. The fraction of sp³-hybridized carbons (Fsp3) is 0.650. The van der Waals surface area contributed by atoms with Crippen LogP contribution in [0.4, 0.5) is 30.1 Å². The number of nitrogens with zero attached hydrogens (tertiary/aromatic N) is 8. The number of carboxylic acid groups (broad SMARTS) is 1. The van der Waals surface area contributed by atoms with Crippen LogP contribution in [0, 0.1) is 17.8 Å². The quantitative estimate of drug-likeness (QED) is 0.0269.